The van der Waals surface area contributed by atoms with Gasteiger partial charge in [0.15, 0.2) is 0 Å². The molecule has 3 rings (SSSR count). The Morgan fingerprint density at radius 2 is 2.00 bits per heavy atom. The predicted octanol–water partition coefficient (Wildman–Crippen LogP) is 0.418. The summed E-state index contributed by atoms with van der Waals surface area (Å²) >= 11 is 0. The van der Waals surface area contributed by atoms with Gasteiger partial charge in [0.05, 0.1) is 0 Å². The largest absolute Gasteiger partial charge is 0.368 e. The molecule has 0 radical (unpaired) electrons. The maximum absolute atomic E-state index is 5.80. The van der Waals surface area contributed by atoms with E-state index in [0.717, 1.165) is 26.2 Å². The number of hydrogen-bond donors (Lipinski definition) is 2. The van der Waals surface area contributed by atoms with Crippen molar-refractivity contribution in [3.05, 3.63) is 0 Å². The summed E-state index contributed by atoms with van der Waals surface area (Å²) in [7, 11) is 2.16. The number of likely N-dealkylation sites (tertiary alicyclic amines) is 1. The SMILES string of the molecule is CN1CCC(CNc2nc(N)nc(N3CCCC3)n2)C1. The first kappa shape index (κ1) is 13.4. The van der Waals surface area contributed by atoms with E-state index in [1.165, 1.54) is 25.8 Å². The molecule has 3 heterocycles. The molecule has 7 nitrogen and oxygen atoms in total. The third kappa shape index (κ3) is 3.09. The number of nitrogens with two attached hydrogens (primary N) is 1. The molecule has 0 bridgehead atoms. The molecule has 2 aliphatic heterocycles. The smallest absolute Gasteiger partial charge is 0.231 e. The van der Waals surface area contributed by atoms with Crippen LogP contribution in [0.5, 0.6) is 0 Å². The minimum atomic E-state index is 0.299. The zero-order chi connectivity index (χ0) is 13.9. The van der Waals surface area contributed by atoms with Crippen LogP contribution in [0.3, 0.4) is 0 Å². The molecular weight excluding hydrogens is 254 g/mol. The minimum absolute atomic E-state index is 0.299. The summed E-state index contributed by atoms with van der Waals surface area (Å²) in [5.41, 5.74) is 5.80. The third-order valence-corrected chi connectivity index (χ3v) is 4.07. The second-order valence-corrected chi connectivity index (χ2v) is 5.81. The number of nitrogens with zero attached hydrogens (tertiary/aromatic N) is 5. The standard InChI is InChI=1S/C13H23N7/c1-19-7-4-10(9-19)8-15-12-16-11(14)17-13(18-12)20-5-2-3-6-20/h10H,2-9H2,1H3,(H3,14,15,16,17,18). The molecule has 7 heteroatoms. The van der Waals surface area contributed by atoms with Gasteiger partial charge in [-0.05, 0) is 38.8 Å². The van der Waals surface area contributed by atoms with E-state index in [0.29, 0.717) is 23.8 Å². The number of hydrogen-bond acceptors (Lipinski definition) is 7. The lowest BCUT2D eigenvalue weighted by molar-refractivity contribution is 0.399. The highest BCUT2D eigenvalue weighted by atomic mass is 15.3. The van der Waals surface area contributed by atoms with Crippen LogP contribution in [0.25, 0.3) is 0 Å². The van der Waals surface area contributed by atoms with Gasteiger partial charge in [0, 0.05) is 26.2 Å². The maximum Gasteiger partial charge on any atom is 0.231 e. The van der Waals surface area contributed by atoms with E-state index in [4.69, 9.17) is 5.73 Å². The van der Waals surface area contributed by atoms with Crippen molar-refractivity contribution < 1.29 is 0 Å². The Balaban J connectivity index is 1.63. The molecular formula is C13H23N7. The Labute approximate surface area is 119 Å². The fourth-order valence-electron chi connectivity index (χ4n) is 2.95. The van der Waals surface area contributed by atoms with Gasteiger partial charge in [-0.3, -0.25) is 0 Å². The average molecular weight is 277 g/mol. The molecule has 0 aromatic carbocycles. The monoisotopic (exact) mass is 277 g/mol. The number of anilines is 3. The van der Waals surface area contributed by atoms with Crippen LogP contribution in [-0.4, -0.2) is 59.6 Å². The van der Waals surface area contributed by atoms with Gasteiger partial charge in [-0.15, -0.1) is 0 Å². The average Bonchev–Trinajstić information content (AvgIpc) is 3.07. The molecule has 1 aromatic heterocycles. The van der Waals surface area contributed by atoms with Gasteiger partial charge in [0.1, 0.15) is 0 Å². The van der Waals surface area contributed by atoms with Gasteiger partial charge in [0.25, 0.3) is 0 Å². The molecule has 2 fully saturated rings. The highest BCUT2D eigenvalue weighted by Gasteiger charge is 2.20. The summed E-state index contributed by atoms with van der Waals surface area (Å²) in [6.45, 7) is 5.22. The Kier molecular flexibility index (Phi) is 3.86. The Bertz CT molecular complexity index is 458. The quantitative estimate of drug-likeness (QED) is 0.825. The molecule has 2 saturated heterocycles. The van der Waals surface area contributed by atoms with Crippen molar-refractivity contribution in [1.82, 2.24) is 19.9 Å². The number of nitrogen functional groups attached to an aromatic ring is 1. The Morgan fingerprint density at radius 1 is 1.20 bits per heavy atom. The van der Waals surface area contributed by atoms with Crippen molar-refractivity contribution in [3.63, 3.8) is 0 Å². The van der Waals surface area contributed by atoms with Crippen molar-refractivity contribution in [2.75, 3.05) is 55.7 Å². The van der Waals surface area contributed by atoms with Crippen LogP contribution >= 0.6 is 0 Å². The van der Waals surface area contributed by atoms with Gasteiger partial charge >= 0.3 is 0 Å². The minimum Gasteiger partial charge on any atom is -0.368 e. The molecule has 1 atom stereocenters. The zero-order valence-electron chi connectivity index (χ0n) is 12.0. The van der Waals surface area contributed by atoms with Crippen molar-refractivity contribution in [2.24, 2.45) is 5.92 Å². The van der Waals surface area contributed by atoms with Crippen LogP contribution in [0.1, 0.15) is 19.3 Å². The molecule has 1 aromatic rings. The van der Waals surface area contributed by atoms with Crippen LogP contribution in [0, 0.1) is 5.92 Å². The highest BCUT2D eigenvalue weighted by molar-refractivity contribution is 5.42. The molecule has 20 heavy (non-hydrogen) atoms. The molecule has 0 amide bonds. The van der Waals surface area contributed by atoms with Crippen molar-refractivity contribution in [2.45, 2.75) is 19.3 Å². The molecule has 1 unspecified atom stereocenters. The normalized spacial score (nSPS) is 23.4. The summed E-state index contributed by atoms with van der Waals surface area (Å²) < 4.78 is 0. The number of nitrogens with one attached hydrogen (secondary N) is 1. The van der Waals surface area contributed by atoms with Gasteiger partial charge in [-0.2, -0.15) is 15.0 Å². The molecule has 3 N–H and O–H groups in total. The fourth-order valence-corrected chi connectivity index (χ4v) is 2.95. The first-order valence-electron chi connectivity index (χ1n) is 7.39. The Morgan fingerprint density at radius 3 is 2.70 bits per heavy atom. The molecule has 0 aliphatic carbocycles. The lowest BCUT2D eigenvalue weighted by Crippen LogP contribution is -2.23. The van der Waals surface area contributed by atoms with E-state index in [9.17, 15) is 0 Å². The van der Waals surface area contributed by atoms with E-state index in [2.05, 4.69) is 37.1 Å². The second kappa shape index (κ2) is 5.78. The lowest BCUT2D eigenvalue weighted by Gasteiger charge is -2.17. The van der Waals surface area contributed by atoms with Gasteiger partial charge in [0.2, 0.25) is 17.8 Å². The first-order chi connectivity index (χ1) is 9.70. The number of rotatable bonds is 4. The van der Waals surface area contributed by atoms with Crippen molar-refractivity contribution in [3.8, 4) is 0 Å². The zero-order valence-corrected chi connectivity index (χ0v) is 12.0. The summed E-state index contributed by atoms with van der Waals surface area (Å²) in [4.78, 5) is 17.4. The van der Waals surface area contributed by atoms with E-state index < -0.39 is 0 Å². The van der Waals surface area contributed by atoms with Crippen LogP contribution in [0.15, 0.2) is 0 Å². The number of aromatic nitrogens is 3. The van der Waals surface area contributed by atoms with E-state index in [1.807, 2.05) is 0 Å². The van der Waals surface area contributed by atoms with Gasteiger partial charge in [-0.25, -0.2) is 0 Å². The van der Waals surface area contributed by atoms with Crippen molar-refractivity contribution >= 4 is 17.8 Å². The summed E-state index contributed by atoms with van der Waals surface area (Å²) in [5, 5.41) is 3.32. The fraction of sp³-hybridized carbons (Fsp3) is 0.769. The van der Waals surface area contributed by atoms with Crippen LogP contribution in [-0.2, 0) is 0 Å². The third-order valence-electron chi connectivity index (χ3n) is 4.07. The van der Waals surface area contributed by atoms with E-state index in [1.54, 1.807) is 0 Å². The van der Waals surface area contributed by atoms with Crippen LogP contribution in [0.2, 0.25) is 0 Å². The molecule has 0 saturated carbocycles. The van der Waals surface area contributed by atoms with Gasteiger partial charge < -0.3 is 20.9 Å². The predicted molar refractivity (Wildman–Crippen MR) is 79.8 cm³/mol. The second-order valence-electron chi connectivity index (χ2n) is 5.81. The summed E-state index contributed by atoms with van der Waals surface area (Å²) in [6.07, 6.45) is 3.62. The van der Waals surface area contributed by atoms with E-state index in [-0.39, 0.29) is 0 Å². The molecule has 0 spiro atoms. The van der Waals surface area contributed by atoms with Crippen molar-refractivity contribution in [1.29, 1.82) is 0 Å². The van der Waals surface area contributed by atoms with E-state index >= 15 is 0 Å². The molecule has 2 aliphatic rings. The lowest BCUT2D eigenvalue weighted by atomic mass is 10.1. The van der Waals surface area contributed by atoms with Crippen LogP contribution < -0.4 is 16.0 Å². The topological polar surface area (TPSA) is 83.2 Å². The summed E-state index contributed by atoms with van der Waals surface area (Å²) in [5.74, 6) is 2.27. The molecule has 110 valence electrons. The van der Waals surface area contributed by atoms with Crippen LogP contribution in [0.4, 0.5) is 17.8 Å². The Hall–Kier alpha value is -1.63. The summed E-state index contributed by atoms with van der Waals surface area (Å²) in [6, 6.07) is 0. The highest BCUT2D eigenvalue weighted by Crippen LogP contribution is 2.19. The first-order valence-corrected chi connectivity index (χ1v) is 7.39. The van der Waals surface area contributed by atoms with Gasteiger partial charge in [-0.1, -0.05) is 0 Å². The maximum atomic E-state index is 5.80.